The number of nitrogens with zero attached hydrogens (tertiary/aromatic N) is 6. The second-order valence-corrected chi connectivity index (χ2v) is 10.0. The molecule has 11 nitrogen and oxygen atoms in total. The van der Waals surface area contributed by atoms with Gasteiger partial charge >= 0.3 is 21.6 Å². The number of halogens is 4. The first-order chi connectivity index (χ1) is 18.4. The third-order valence-electron chi connectivity index (χ3n) is 5.80. The van der Waals surface area contributed by atoms with Crippen LogP contribution in [0.1, 0.15) is 28.7 Å². The highest BCUT2D eigenvalue weighted by Gasteiger charge is 2.52. The van der Waals surface area contributed by atoms with Gasteiger partial charge in [-0.2, -0.15) is 21.6 Å². The van der Waals surface area contributed by atoms with Gasteiger partial charge in [-0.3, -0.25) is 9.80 Å². The number of hydrazone groups is 1. The molecule has 206 valence electrons. The number of pyridine rings is 1. The molecule has 1 aromatic carbocycles. The van der Waals surface area contributed by atoms with Gasteiger partial charge in [-0.15, -0.1) is 5.10 Å². The predicted octanol–water partition coefficient (Wildman–Crippen LogP) is 3.41. The van der Waals surface area contributed by atoms with Crippen molar-refractivity contribution < 1.29 is 35.5 Å². The number of alkyl halides is 3. The maximum Gasteiger partial charge on any atom is 0.516 e. The summed E-state index contributed by atoms with van der Waals surface area (Å²) in [5, 5.41) is 7.41. The van der Waals surface area contributed by atoms with Crippen LogP contribution >= 0.6 is 0 Å². The van der Waals surface area contributed by atoms with Crippen molar-refractivity contribution in [1.29, 1.82) is 0 Å². The zero-order valence-electron chi connectivity index (χ0n) is 20.5. The van der Waals surface area contributed by atoms with Gasteiger partial charge in [0.2, 0.25) is 5.69 Å². The van der Waals surface area contributed by atoms with Crippen molar-refractivity contribution in [2.45, 2.75) is 25.4 Å². The van der Waals surface area contributed by atoms with E-state index in [-0.39, 0.29) is 28.8 Å². The number of nitrogens with one attached hydrogen (secondary N) is 1. The van der Waals surface area contributed by atoms with Crippen LogP contribution < -0.4 is 10.3 Å². The van der Waals surface area contributed by atoms with Crippen LogP contribution in [0.5, 0.6) is 0 Å². The highest BCUT2D eigenvalue weighted by atomic mass is 32.2. The molecule has 0 bridgehead atoms. The number of hydrogen-bond acceptors (Lipinski definition) is 7. The third kappa shape index (κ3) is 5.17. The number of aromatic nitrogens is 2. The van der Waals surface area contributed by atoms with Crippen molar-refractivity contribution in [2.75, 3.05) is 25.2 Å². The number of methoxy groups -OCH3 is 1. The summed E-state index contributed by atoms with van der Waals surface area (Å²) in [6.45, 7) is 7.90. The van der Waals surface area contributed by atoms with Gasteiger partial charge in [-0.25, -0.2) is 18.5 Å². The maximum absolute atomic E-state index is 15.0. The molecule has 0 saturated heterocycles. The Bertz CT molecular complexity index is 1610. The van der Waals surface area contributed by atoms with Crippen LogP contribution in [0.15, 0.2) is 41.6 Å². The fourth-order valence-electron chi connectivity index (χ4n) is 3.92. The monoisotopic (exact) mass is 567 g/mol. The van der Waals surface area contributed by atoms with E-state index in [2.05, 4.69) is 20.2 Å². The van der Waals surface area contributed by atoms with Crippen LogP contribution in [-0.4, -0.2) is 59.7 Å². The molecule has 3 heterocycles. The molecule has 3 aromatic rings. The number of aryl methyl sites for hydroxylation is 1. The molecule has 1 aliphatic rings. The van der Waals surface area contributed by atoms with Crippen molar-refractivity contribution in [3.8, 4) is 0 Å². The first kappa shape index (κ1) is 27.6. The molecule has 0 unspecified atom stereocenters. The average Bonchev–Trinajstić information content (AvgIpc) is 3.28. The van der Waals surface area contributed by atoms with Crippen LogP contribution in [0.2, 0.25) is 0 Å². The number of carbonyl (C=O) groups is 1. The summed E-state index contributed by atoms with van der Waals surface area (Å²) in [5.74, 6) is -1.29. The number of benzene rings is 1. The van der Waals surface area contributed by atoms with Crippen molar-refractivity contribution >= 4 is 39.0 Å². The largest absolute Gasteiger partial charge is 0.516 e. The fraction of sp³-hybridized carbons (Fsp3) is 0.304. The Morgan fingerprint density at radius 1 is 1.23 bits per heavy atom. The molecule has 16 heteroatoms. The number of rotatable bonds is 6. The van der Waals surface area contributed by atoms with E-state index in [0.717, 1.165) is 18.2 Å². The van der Waals surface area contributed by atoms with Crippen LogP contribution in [-0.2, 0) is 27.7 Å². The molecule has 39 heavy (non-hydrogen) atoms. The quantitative estimate of drug-likeness (QED) is 0.361. The summed E-state index contributed by atoms with van der Waals surface area (Å²) in [6.07, 6.45) is 1.97. The molecule has 0 spiro atoms. The van der Waals surface area contributed by atoms with E-state index in [1.54, 1.807) is 12.1 Å². The lowest BCUT2D eigenvalue weighted by atomic mass is 10.1. The standard InChI is InChI=1S/C23H21F4N7O4S/c1-4-17-20(32-13-15(28-2)6-8-19(32)30-17)21(35)29-12-14-5-7-18(16(24)11-14)33-9-10-34(22(31-33)38-3)39(36,37)23(25,26)27/h5-8,11,13H,4,9-10,12H2,1,3H3,(H,29,35). The van der Waals surface area contributed by atoms with Crippen LogP contribution in [0.4, 0.5) is 28.9 Å². The Hall–Kier alpha value is -4.39. The van der Waals surface area contributed by atoms with Crippen molar-refractivity contribution in [1.82, 2.24) is 19.0 Å². The molecule has 0 fully saturated rings. The third-order valence-corrected chi connectivity index (χ3v) is 7.30. The van der Waals surface area contributed by atoms with Gasteiger partial charge in [0.1, 0.15) is 17.2 Å². The van der Waals surface area contributed by atoms with Gasteiger partial charge in [0.25, 0.3) is 5.91 Å². The summed E-state index contributed by atoms with van der Waals surface area (Å²) in [4.78, 5) is 20.8. The number of sulfonamides is 1. The number of fused-ring (bicyclic) bond motifs is 1. The van der Waals surface area contributed by atoms with E-state index in [4.69, 9.17) is 11.3 Å². The zero-order valence-corrected chi connectivity index (χ0v) is 21.3. The number of anilines is 1. The van der Waals surface area contributed by atoms with Crippen molar-refractivity contribution in [3.63, 3.8) is 0 Å². The summed E-state index contributed by atoms with van der Waals surface area (Å²) >= 11 is 0. The van der Waals surface area contributed by atoms with Crippen LogP contribution in [0.25, 0.3) is 10.5 Å². The minimum absolute atomic E-state index is 0.0306. The van der Waals surface area contributed by atoms with Crippen LogP contribution in [0.3, 0.4) is 0 Å². The Morgan fingerprint density at radius 2 is 1.97 bits per heavy atom. The number of ether oxygens (including phenoxy) is 1. The minimum atomic E-state index is -5.74. The normalized spacial score (nSPS) is 14.2. The maximum atomic E-state index is 15.0. The van der Waals surface area contributed by atoms with Crippen molar-refractivity contribution in [2.24, 2.45) is 5.10 Å². The van der Waals surface area contributed by atoms with E-state index in [1.165, 1.54) is 22.7 Å². The van der Waals surface area contributed by atoms with Gasteiger partial charge < -0.3 is 14.5 Å². The fourth-order valence-corrected chi connectivity index (χ4v) is 4.81. The van der Waals surface area contributed by atoms with E-state index >= 15 is 0 Å². The van der Waals surface area contributed by atoms with Gasteiger partial charge in [-0.05, 0) is 30.2 Å². The van der Waals surface area contributed by atoms with Gasteiger partial charge in [0, 0.05) is 12.7 Å². The summed E-state index contributed by atoms with van der Waals surface area (Å²) < 4.78 is 83.7. The van der Waals surface area contributed by atoms with E-state index in [1.807, 2.05) is 6.92 Å². The SMILES string of the molecule is [C-]#[N+]c1ccc2nc(CC)c(C(=O)NCc3ccc(N4CCN(S(=O)(=O)C(F)(F)F)C(OC)=N4)c(F)c3)n2c1. The van der Waals surface area contributed by atoms with Gasteiger partial charge in [0.05, 0.1) is 38.2 Å². The highest BCUT2D eigenvalue weighted by Crippen LogP contribution is 2.30. The second kappa shape index (κ2) is 10.4. The predicted molar refractivity (Wildman–Crippen MR) is 132 cm³/mol. The molecular formula is C23H21F4N7O4S. The van der Waals surface area contributed by atoms with Crippen LogP contribution in [0, 0.1) is 12.4 Å². The molecule has 0 atom stereocenters. The Morgan fingerprint density at radius 3 is 2.59 bits per heavy atom. The second-order valence-electron chi connectivity index (χ2n) is 8.19. The topological polar surface area (TPSA) is 113 Å². The lowest BCUT2D eigenvalue weighted by Gasteiger charge is -2.32. The molecule has 2 aromatic heterocycles. The Balaban J connectivity index is 1.52. The lowest BCUT2D eigenvalue weighted by molar-refractivity contribution is -0.0477. The molecule has 0 aliphatic carbocycles. The molecule has 1 N–H and O–H groups in total. The average molecular weight is 568 g/mol. The summed E-state index contributed by atoms with van der Waals surface area (Å²) in [6, 6.07) is 6.25. The minimum Gasteiger partial charge on any atom is -0.467 e. The highest BCUT2D eigenvalue weighted by molar-refractivity contribution is 7.90. The van der Waals surface area contributed by atoms with Gasteiger partial charge in [0.15, 0.2) is 0 Å². The lowest BCUT2D eigenvalue weighted by Crippen LogP contribution is -2.51. The molecule has 0 saturated carbocycles. The van der Waals surface area contributed by atoms with E-state index < -0.39 is 39.8 Å². The first-order valence-corrected chi connectivity index (χ1v) is 12.8. The van der Waals surface area contributed by atoms with Gasteiger partial charge in [-0.1, -0.05) is 19.1 Å². The van der Waals surface area contributed by atoms with Crippen molar-refractivity contribution in [3.05, 3.63) is 70.7 Å². The Kier molecular flexibility index (Phi) is 7.37. The molecule has 1 amide bonds. The van der Waals surface area contributed by atoms with E-state index in [0.29, 0.717) is 29.0 Å². The molecule has 4 rings (SSSR count). The number of carbonyl (C=O) groups excluding carboxylic acids is 1. The molecule has 0 radical (unpaired) electrons. The number of imidazole rings is 1. The summed E-state index contributed by atoms with van der Waals surface area (Å²) in [7, 11) is -4.80. The number of amides is 1. The van der Waals surface area contributed by atoms with E-state index in [9.17, 15) is 30.8 Å². The first-order valence-electron chi connectivity index (χ1n) is 11.4. The molecule has 1 aliphatic heterocycles. The summed E-state index contributed by atoms with van der Waals surface area (Å²) in [5.41, 5.74) is -3.73. The zero-order chi connectivity index (χ0) is 28.5. The Labute approximate surface area is 220 Å². The number of hydrogen-bond donors (Lipinski definition) is 1. The smallest absolute Gasteiger partial charge is 0.467 e. The number of amidine groups is 1. The molecular weight excluding hydrogens is 546 g/mol.